The molecule has 0 aliphatic rings. The number of benzene rings is 5. The van der Waals surface area contributed by atoms with Gasteiger partial charge in [0.1, 0.15) is 37.1 Å². The average Bonchev–Trinajstić information content (AvgIpc) is 3.20. The molecule has 0 fully saturated rings. The van der Waals surface area contributed by atoms with Crippen LogP contribution in [0.15, 0.2) is 133 Å². The minimum absolute atomic E-state index is 0.0139. The van der Waals surface area contributed by atoms with Gasteiger partial charge in [-0.2, -0.15) is 0 Å². The lowest BCUT2D eigenvalue weighted by molar-refractivity contribution is -0.274. The van der Waals surface area contributed by atoms with Gasteiger partial charge < -0.3 is 33.7 Å². The molecule has 0 radical (unpaired) electrons. The van der Waals surface area contributed by atoms with E-state index in [4.69, 9.17) is 18.9 Å². The molecule has 5 rings (SSSR count). The summed E-state index contributed by atoms with van der Waals surface area (Å²) in [4.78, 5) is 25.1. The van der Waals surface area contributed by atoms with Crippen LogP contribution >= 0.6 is 7.37 Å². The van der Waals surface area contributed by atoms with Crippen molar-refractivity contribution in [1.29, 1.82) is 0 Å². The molecular weight excluding hydrogens is 750 g/mol. The zero-order valence-electron chi connectivity index (χ0n) is 30.4. The van der Waals surface area contributed by atoms with Gasteiger partial charge in [0.15, 0.2) is 0 Å². The number of aliphatic hydroxyl groups is 1. The highest BCUT2D eigenvalue weighted by atomic mass is 31.2. The van der Waals surface area contributed by atoms with Gasteiger partial charge in [-0.25, -0.2) is 4.79 Å². The predicted molar refractivity (Wildman–Crippen MR) is 203 cm³/mol. The number of alkyl halides is 3. The van der Waals surface area contributed by atoms with E-state index < -0.39 is 43.8 Å². The fourth-order valence-corrected chi connectivity index (χ4v) is 7.58. The van der Waals surface area contributed by atoms with Crippen molar-refractivity contribution in [2.45, 2.75) is 57.5 Å². The van der Waals surface area contributed by atoms with E-state index in [1.54, 1.807) is 48.5 Å². The zero-order chi connectivity index (χ0) is 39.9. The highest BCUT2D eigenvalue weighted by Gasteiger charge is 2.50. The minimum atomic E-state index is -4.99. The number of carbonyl (C=O) groups is 1. The number of ether oxygens (including phenoxy) is 5. The molecule has 3 N–H and O–H groups in total. The van der Waals surface area contributed by atoms with Crippen molar-refractivity contribution in [1.82, 2.24) is 5.32 Å². The first-order valence-corrected chi connectivity index (χ1v) is 19.6. The summed E-state index contributed by atoms with van der Waals surface area (Å²) in [6.07, 6.45) is -7.45. The summed E-state index contributed by atoms with van der Waals surface area (Å²) in [6.45, 7) is -0.208. The Morgan fingerprint density at radius 1 is 0.661 bits per heavy atom. The molecule has 14 heteroatoms. The van der Waals surface area contributed by atoms with E-state index in [0.29, 0.717) is 35.8 Å². The van der Waals surface area contributed by atoms with Crippen molar-refractivity contribution in [3.8, 4) is 17.2 Å². The van der Waals surface area contributed by atoms with Gasteiger partial charge in [0, 0.05) is 19.2 Å². The number of aryl methyl sites for hydroxylation is 1. The van der Waals surface area contributed by atoms with Crippen molar-refractivity contribution < 1.29 is 56.2 Å². The lowest BCUT2D eigenvalue weighted by Crippen LogP contribution is -2.51. The Kier molecular flexibility index (Phi) is 14.9. The Bertz CT molecular complexity index is 2000. The van der Waals surface area contributed by atoms with Crippen LogP contribution in [0.1, 0.15) is 40.7 Å². The first-order valence-electron chi connectivity index (χ1n) is 17.8. The number of hydrogen-bond acceptors (Lipinski definition) is 8. The third-order valence-corrected chi connectivity index (χ3v) is 11.0. The van der Waals surface area contributed by atoms with Gasteiger partial charge in [0.05, 0.1) is 6.61 Å². The van der Waals surface area contributed by atoms with Gasteiger partial charge in [0.2, 0.25) is 5.47 Å². The highest BCUT2D eigenvalue weighted by Crippen LogP contribution is 2.56. The summed E-state index contributed by atoms with van der Waals surface area (Å²) in [5, 5.41) is 12.3. The SMILES string of the molecule is O=C(NC(CCCO)(OCc1ccc(OCc2ccccc2)cc1)P(=O)(O)CCc1ccccc1OC(F)(F)F)OCc1ccc(OCc2ccccc2)cc1. The number of amides is 1. The number of hydrogen-bond donors (Lipinski definition) is 3. The molecule has 56 heavy (non-hydrogen) atoms. The molecule has 2 unspecified atom stereocenters. The third-order valence-electron chi connectivity index (χ3n) is 8.61. The zero-order valence-corrected chi connectivity index (χ0v) is 31.3. The number of aliphatic hydroxyl groups excluding tert-OH is 1. The van der Waals surface area contributed by atoms with Crippen LogP contribution in [-0.2, 0) is 46.9 Å². The topological polar surface area (TPSA) is 133 Å². The van der Waals surface area contributed by atoms with Gasteiger partial charge in [0.25, 0.3) is 7.37 Å². The predicted octanol–water partition coefficient (Wildman–Crippen LogP) is 9.13. The Morgan fingerprint density at radius 3 is 1.70 bits per heavy atom. The summed E-state index contributed by atoms with van der Waals surface area (Å²) in [7, 11) is -4.70. The molecule has 0 aliphatic carbocycles. The van der Waals surface area contributed by atoms with E-state index in [9.17, 15) is 32.5 Å². The van der Waals surface area contributed by atoms with E-state index in [1.807, 2.05) is 60.7 Å². The van der Waals surface area contributed by atoms with E-state index in [1.165, 1.54) is 18.2 Å². The number of nitrogens with one attached hydrogen (secondary N) is 1. The first-order chi connectivity index (χ1) is 26.9. The molecule has 10 nitrogen and oxygen atoms in total. The summed E-state index contributed by atoms with van der Waals surface area (Å²) in [6, 6.07) is 38.1. The second kappa shape index (κ2) is 20.0. The maximum atomic E-state index is 14.4. The monoisotopic (exact) mass is 793 g/mol. The van der Waals surface area contributed by atoms with Crippen molar-refractivity contribution in [3.05, 3.63) is 161 Å². The lowest BCUT2D eigenvalue weighted by atomic mass is 10.1. The maximum Gasteiger partial charge on any atom is 0.573 e. The molecule has 5 aromatic carbocycles. The molecule has 5 aromatic rings. The highest BCUT2D eigenvalue weighted by molar-refractivity contribution is 7.59. The van der Waals surface area contributed by atoms with Crippen LogP contribution in [-0.4, -0.2) is 40.7 Å². The number of rotatable bonds is 20. The van der Waals surface area contributed by atoms with E-state index >= 15 is 0 Å². The molecule has 296 valence electrons. The lowest BCUT2D eigenvalue weighted by Gasteiger charge is -2.38. The molecule has 0 bridgehead atoms. The van der Waals surface area contributed by atoms with Crippen molar-refractivity contribution in [3.63, 3.8) is 0 Å². The Labute approximate surface area is 323 Å². The molecule has 0 saturated heterocycles. The molecule has 1 amide bonds. The summed E-state index contributed by atoms with van der Waals surface area (Å²) in [5.74, 6) is 0.632. The van der Waals surface area contributed by atoms with Crippen LogP contribution in [0.4, 0.5) is 18.0 Å². The number of para-hydroxylation sites is 1. The Morgan fingerprint density at radius 2 is 1.16 bits per heavy atom. The Hall–Kier alpha value is -5.33. The molecule has 2 atom stereocenters. The molecule has 0 aliphatic heterocycles. The van der Waals surface area contributed by atoms with Crippen LogP contribution in [0.2, 0.25) is 0 Å². The second-order valence-corrected chi connectivity index (χ2v) is 15.3. The fraction of sp³-hybridized carbons (Fsp3) is 0.262. The Balaban J connectivity index is 1.31. The molecule has 0 heterocycles. The molecule has 0 aromatic heterocycles. The van der Waals surface area contributed by atoms with Crippen LogP contribution in [0.25, 0.3) is 0 Å². The summed E-state index contributed by atoms with van der Waals surface area (Å²) < 4.78 is 81.3. The van der Waals surface area contributed by atoms with Gasteiger partial charge in [-0.05, 0) is 71.0 Å². The quantitative estimate of drug-likeness (QED) is 0.0522. The van der Waals surface area contributed by atoms with Gasteiger partial charge in [-0.3, -0.25) is 9.88 Å². The van der Waals surface area contributed by atoms with E-state index in [2.05, 4.69) is 10.1 Å². The van der Waals surface area contributed by atoms with Gasteiger partial charge in [-0.1, -0.05) is 103 Å². The number of carbonyl (C=O) groups excluding carboxylic acids is 1. The largest absolute Gasteiger partial charge is 0.573 e. The van der Waals surface area contributed by atoms with Crippen molar-refractivity contribution in [2.24, 2.45) is 0 Å². The minimum Gasteiger partial charge on any atom is -0.489 e. The van der Waals surface area contributed by atoms with Crippen LogP contribution in [0.5, 0.6) is 17.2 Å². The number of alkyl carbamates (subject to hydrolysis) is 1. The summed E-state index contributed by atoms with van der Waals surface area (Å²) in [5.41, 5.74) is 0.817. The van der Waals surface area contributed by atoms with Crippen LogP contribution in [0, 0.1) is 0 Å². The maximum absolute atomic E-state index is 14.4. The van der Waals surface area contributed by atoms with Crippen LogP contribution in [0.3, 0.4) is 0 Å². The molecular formula is C42H43F3NO9P. The average molecular weight is 794 g/mol. The van der Waals surface area contributed by atoms with E-state index in [-0.39, 0.29) is 38.0 Å². The van der Waals surface area contributed by atoms with E-state index in [0.717, 1.165) is 17.2 Å². The van der Waals surface area contributed by atoms with Crippen LogP contribution < -0.4 is 19.5 Å². The first kappa shape index (κ1) is 41.8. The third kappa shape index (κ3) is 12.9. The second-order valence-electron chi connectivity index (χ2n) is 12.8. The fourth-order valence-electron chi connectivity index (χ4n) is 5.63. The molecule has 0 saturated carbocycles. The smallest absolute Gasteiger partial charge is 0.489 e. The van der Waals surface area contributed by atoms with Gasteiger partial charge in [-0.15, -0.1) is 13.2 Å². The van der Waals surface area contributed by atoms with Gasteiger partial charge >= 0.3 is 12.5 Å². The van der Waals surface area contributed by atoms with Crippen molar-refractivity contribution >= 4 is 13.5 Å². The normalized spacial score (nSPS) is 13.5. The van der Waals surface area contributed by atoms with Crippen molar-refractivity contribution in [2.75, 3.05) is 12.8 Å². The standard InChI is InChI=1S/C42H43F3NO9P/c43-42(44,45)55-39-15-8-7-14-36(39)24-27-56(49,50)41(25-9-26-47,54-31-35-18-22-38(23-19-35)52-29-33-12-5-2-6-13-33)46-40(48)53-30-34-16-20-37(21-17-34)51-28-32-10-3-1-4-11-32/h1-8,10-23,47H,9,24-31H2,(H,46,48)(H,49,50). The number of halogens is 3. The molecule has 0 spiro atoms. The summed E-state index contributed by atoms with van der Waals surface area (Å²) >= 11 is 0.